The zero-order chi connectivity index (χ0) is 24.7. The first kappa shape index (κ1) is 22.7. The standard InChI is InChI=1S/C23H22N6O5S/c1-28-23(32)16-8-5-4-7-15(16)20(26-28)22(31)25-24-21(30)14-10-11-17-18(13-14)35(33,34)27-19-9-3-2-6-12-29(17)19/h4-5,7-8,10-11,13H,2-3,6,9,12H2,1H3,(H,24,30)(H,25,31). The summed E-state index contributed by atoms with van der Waals surface area (Å²) in [4.78, 5) is 39.6. The molecule has 0 spiro atoms. The number of rotatable bonds is 2. The summed E-state index contributed by atoms with van der Waals surface area (Å²) in [5, 5.41) is 4.67. The normalized spacial score (nSPS) is 16.5. The molecule has 5 rings (SSSR count). The zero-order valence-corrected chi connectivity index (χ0v) is 19.6. The van der Waals surface area contributed by atoms with Gasteiger partial charge in [-0.3, -0.25) is 25.2 Å². The summed E-state index contributed by atoms with van der Waals surface area (Å²) in [6, 6.07) is 10.9. The quantitative estimate of drug-likeness (QED) is 0.514. The van der Waals surface area contributed by atoms with Crippen molar-refractivity contribution in [3.05, 3.63) is 64.1 Å². The predicted molar refractivity (Wildman–Crippen MR) is 129 cm³/mol. The third-order valence-corrected chi connectivity index (χ3v) is 7.40. The van der Waals surface area contributed by atoms with Crippen LogP contribution in [0.25, 0.3) is 10.8 Å². The van der Waals surface area contributed by atoms with E-state index in [9.17, 15) is 22.8 Å². The Morgan fingerprint density at radius 3 is 2.51 bits per heavy atom. The maximum atomic E-state index is 12.8. The highest BCUT2D eigenvalue weighted by Crippen LogP contribution is 2.34. The van der Waals surface area contributed by atoms with Crippen LogP contribution in [0.4, 0.5) is 5.69 Å². The van der Waals surface area contributed by atoms with Gasteiger partial charge in [-0.2, -0.15) is 13.5 Å². The van der Waals surface area contributed by atoms with Crippen molar-refractivity contribution in [3.63, 3.8) is 0 Å². The lowest BCUT2D eigenvalue weighted by molar-refractivity contribution is 0.0843. The van der Waals surface area contributed by atoms with Crippen LogP contribution in [0.1, 0.15) is 46.5 Å². The molecule has 1 aromatic heterocycles. The van der Waals surface area contributed by atoms with Gasteiger partial charge in [-0.15, -0.1) is 4.40 Å². The van der Waals surface area contributed by atoms with Crippen molar-refractivity contribution in [2.45, 2.75) is 30.6 Å². The van der Waals surface area contributed by atoms with Gasteiger partial charge in [-0.1, -0.05) is 24.6 Å². The van der Waals surface area contributed by atoms with E-state index in [0.717, 1.165) is 23.9 Å². The van der Waals surface area contributed by atoms with Crippen LogP contribution in [0.15, 0.2) is 56.6 Å². The molecule has 2 amide bonds. The van der Waals surface area contributed by atoms with Gasteiger partial charge in [-0.25, -0.2) is 4.68 Å². The Morgan fingerprint density at radius 2 is 1.71 bits per heavy atom. The number of hydrogen-bond donors (Lipinski definition) is 2. The number of amides is 2. The molecule has 2 aromatic carbocycles. The molecular formula is C23H22N6O5S. The lowest BCUT2D eigenvalue weighted by Gasteiger charge is -2.29. The van der Waals surface area contributed by atoms with Gasteiger partial charge in [0, 0.05) is 31.0 Å². The highest BCUT2D eigenvalue weighted by molar-refractivity contribution is 7.90. The topological polar surface area (TPSA) is 143 Å². The number of benzene rings is 2. The third-order valence-electron chi connectivity index (χ3n) is 6.07. The largest absolute Gasteiger partial charge is 0.328 e. The highest BCUT2D eigenvalue weighted by atomic mass is 32.2. The number of nitrogens with one attached hydrogen (secondary N) is 2. The molecule has 0 aliphatic carbocycles. The summed E-state index contributed by atoms with van der Waals surface area (Å²) < 4.78 is 30.6. The molecule has 1 fully saturated rings. The maximum absolute atomic E-state index is 12.8. The number of carbonyl (C=O) groups excluding carboxylic acids is 2. The van der Waals surface area contributed by atoms with Crippen LogP contribution in [0.2, 0.25) is 0 Å². The minimum absolute atomic E-state index is 0.0411. The monoisotopic (exact) mass is 494 g/mol. The number of carbonyl (C=O) groups is 2. The Labute approximate surface area is 200 Å². The number of hydrogen-bond acceptors (Lipinski definition) is 7. The van der Waals surface area contributed by atoms with E-state index in [0.29, 0.717) is 35.3 Å². The van der Waals surface area contributed by atoms with Crippen LogP contribution in [0.3, 0.4) is 0 Å². The number of hydrazine groups is 1. The molecule has 2 aliphatic heterocycles. The Kier molecular flexibility index (Phi) is 5.59. The van der Waals surface area contributed by atoms with Crippen molar-refractivity contribution < 1.29 is 18.0 Å². The molecule has 2 N–H and O–H groups in total. The zero-order valence-electron chi connectivity index (χ0n) is 18.8. The van der Waals surface area contributed by atoms with Crippen LogP contribution >= 0.6 is 0 Å². The van der Waals surface area contributed by atoms with Crippen LogP contribution < -0.4 is 21.3 Å². The molecule has 3 aromatic rings. The molecular weight excluding hydrogens is 472 g/mol. The van der Waals surface area contributed by atoms with Crippen molar-refractivity contribution in [2.75, 3.05) is 11.4 Å². The molecule has 0 unspecified atom stereocenters. The SMILES string of the molecule is Cn1nc(C(=O)NNC(=O)c2ccc3c(c2)S(=O)(=O)N=C2CCCCCN23)c2ccccc2c1=O. The summed E-state index contributed by atoms with van der Waals surface area (Å²) in [5.74, 6) is -0.915. The van der Waals surface area contributed by atoms with Crippen molar-refractivity contribution >= 4 is 44.1 Å². The first-order chi connectivity index (χ1) is 16.8. The van der Waals surface area contributed by atoms with E-state index in [-0.39, 0.29) is 21.7 Å². The van der Waals surface area contributed by atoms with Gasteiger partial charge in [0.05, 0.1) is 11.1 Å². The summed E-state index contributed by atoms with van der Waals surface area (Å²) in [6.07, 6.45) is 3.37. The van der Waals surface area contributed by atoms with Gasteiger partial charge in [-0.05, 0) is 37.1 Å². The van der Waals surface area contributed by atoms with Crippen LogP contribution in [-0.4, -0.2) is 42.4 Å². The van der Waals surface area contributed by atoms with E-state index in [4.69, 9.17) is 0 Å². The number of anilines is 1. The Balaban J connectivity index is 1.39. The molecule has 35 heavy (non-hydrogen) atoms. The fourth-order valence-electron chi connectivity index (χ4n) is 4.33. The lowest BCUT2D eigenvalue weighted by atomic mass is 10.1. The number of aryl methyl sites for hydroxylation is 1. The van der Waals surface area contributed by atoms with Crippen molar-refractivity contribution in [1.82, 2.24) is 20.6 Å². The fraction of sp³-hybridized carbons (Fsp3) is 0.261. The molecule has 12 heteroatoms. The highest BCUT2D eigenvalue weighted by Gasteiger charge is 2.32. The average molecular weight is 495 g/mol. The number of nitrogens with zero attached hydrogens (tertiary/aromatic N) is 4. The molecule has 0 bridgehead atoms. The Hall–Kier alpha value is -4.06. The number of fused-ring (bicyclic) bond motifs is 4. The summed E-state index contributed by atoms with van der Waals surface area (Å²) in [7, 11) is -2.53. The van der Waals surface area contributed by atoms with E-state index in [1.54, 1.807) is 30.3 Å². The molecule has 180 valence electrons. The summed E-state index contributed by atoms with van der Waals surface area (Å²) in [5.41, 5.74) is 4.72. The molecule has 2 aliphatic rings. The van der Waals surface area contributed by atoms with E-state index < -0.39 is 21.8 Å². The van der Waals surface area contributed by atoms with E-state index in [2.05, 4.69) is 20.3 Å². The van der Waals surface area contributed by atoms with Crippen molar-refractivity contribution in [1.29, 1.82) is 0 Å². The van der Waals surface area contributed by atoms with Crippen molar-refractivity contribution in [3.8, 4) is 0 Å². The predicted octanol–water partition coefficient (Wildman–Crippen LogP) is 1.49. The molecule has 0 atom stereocenters. The summed E-state index contributed by atoms with van der Waals surface area (Å²) >= 11 is 0. The van der Waals surface area contributed by atoms with Gasteiger partial charge in [0.2, 0.25) is 0 Å². The van der Waals surface area contributed by atoms with Crippen LogP contribution in [0.5, 0.6) is 0 Å². The second-order valence-corrected chi connectivity index (χ2v) is 9.93. The van der Waals surface area contributed by atoms with E-state index >= 15 is 0 Å². The molecule has 11 nitrogen and oxygen atoms in total. The minimum atomic E-state index is -3.96. The summed E-state index contributed by atoms with van der Waals surface area (Å²) in [6.45, 7) is 0.656. The average Bonchev–Trinajstić information content (AvgIpc) is 3.09. The van der Waals surface area contributed by atoms with Crippen molar-refractivity contribution in [2.24, 2.45) is 11.4 Å². The van der Waals surface area contributed by atoms with Gasteiger partial charge in [0.15, 0.2) is 5.69 Å². The van der Waals surface area contributed by atoms with Gasteiger partial charge < -0.3 is 4.90 Å². The van der Waals surface area contributed by atoms with Gasteiger partial charge in [0.1, 0.15) is 10.7 Å². The molecule has 1 saturated heterocycles. The second-order valence-electron chi connectivity index (χ2n) is 8.36. The molecule has 0 saturated carbocycles. The van der Waals surface area contributed by atoms with E-state index in [1.807, 2.05) is 4.90 Å². The Bertz CT molecular complexity index is 1580. The second kappa shape index (κ2) is 8.62. The first-order valence-electron chi connectivity index (χ1n) is 11.1. The first-order valence-corrected chi connectivity index (χ1v) is 12.5. The fourth-order valence-corrected chi connectivity index (χ4v) is 5.62. The van der Waals surface area contributed by atoms with E-state index in [1.165, 1.54) is 19.2 Å². The smallest absolute Gasteiger partial charge is 0.290 e. The Morgan fingerprint density at radius 1 is 0.971 bits per heavy atom. The third kappa shape index (κ3) is 4.05. The maximum Gasteiger partial charge on any atom is 0.290 e. The van der Waals surface area contributed by atoms with Gasteiger partial charge >= 0.3 is 0 Å². The minimum Gasteiger partial charge on any atom is -0.328 e. The molecule has 0 radical (unpaired) electrons. The van der Waals surface area contributed by atoms with Crippen LogP contribution in [-0.2, 0) is 17.1 Å². The van der Waals surface area contributed by atoms with Gasteiger partial charge in [0.25, 0.3) is 27.4 Å². The lowest BCUT2D eigenvalue weighted by Crippen LogP contribution is -2.43. The molecule has 3 heterocycles. The van der Waals surface area contributed by atoms with Crippen LogP contribution in [0, 0.1) is 0 Å². The number of sulfonamides is 1. The number of amidine groups is 1. The number of aromatic nitrogens is 2.